The minimum atomic E-state index is -0.285. The first kappa shape index (κ1) is 15.3. The smallest absolute Gasteiger partial charge is 0.217 e. The van der Waals surface area contributed by atoms with Crippen molar-refractivity contribution in [1.29, 1.82) is 0 Å². The number of ether oxygens (including phenoxy) is 2. The van der Waals surface area contributed by atoms with Gasteiger partial charge in [-0.15, -0.1) is 0 Å². The first-order valence-corrected chi connectivity index (χ1v) is 6.71. The molecule has 0 saturated heterocycles. The lowest BCUT2D eigenvalue weighted by atomic mass is 10.1. The molecule has 1 aromatic heterocycles. The SMILES string of the molecule is COc1cccc(F)c1C(C)NCc1cccnc1OC. The van der Waals surface area contributed by atoms with Gasteiger partial charge in [-0.2, -0.15) is 0 Å². The van der Waals surface area contributed by atoms with E-state index in [1.54, 1.807) is 25.4 Å². The van der Waals surface area contributed by atoms with Crippen LogP contribution in [0.3, 0.4) is 0 Å². The fraction of sp³-hybridized carbons (Fsp3) is 0.312. The fourth-order valence-corrected chi connectivity index (χ4v) is 2.22. The molecule has 0 radical (unpaired) electrons. The van der Waals surface area contributed by atoms with E-state index in [0.29, 0.717) is 23.7 Å². The Hall–Kier alpha value is -2.14. The van der Waals surface area contributed by atoms with Crippen LogP contribution in [0, 0.1) is 5.82 Å². The van der Waals surface area contributed by atoms with Crippen molar-refractivity contribution in [1.82, 2.24) is 10.3 Å². The van der Waals surface area contributed by atoms with E-state index < -0.39 is 0 Å². The normalized spacial score (nSPS) is 12.0. The molecule has 0 amide bonds. The molecule has 0 aliphatic carbocycles. The van der Waals surface area contributed by atoms with E-state index in [2.05, 4.69) is 10.3 Å². The molecule has 0 bridgehead atoms. The summed E-state index contributed by atoms with van der Waals surface area (Å²) in [6, 6.07) is 8.38. The van der Waals surface area contributed by atoms with Gasteiger partial charge in [0.15, 0.2) is 0 Å². The zero-order valence-corrected chi connectivity index (χ0v) is 12.4. The van der Waals surface area contributed by atoms with Gasteiger partial charge in [-0.3, -0.25) is 0 Å². The lowest BCUT2D eigenvalue weighted by molar-refractivity contribution is 0.383. The van der Waals surface area contributed by atoms with E-state index in [0.717, 1.165) is 5.56 Å². The van der Waals surface area contributed by atoms with Crippen molar-refractivity contribution in [2.75, 3.05) is 14.2 Å². The van der Waals surface area contributed by atoms with Gasteiger partial charge in [-0.25, -0.2) is 9.37 Å². The summed E-state index contributed by atoms with van der Waals surface area (Å²) in [5, 5.41) is 3.27. The molecule has 0 spiro atoms. The van der Waals surface area contributed by atoms with E-state index >= 15 is 0 Å². The molecule has 1 aromatic carbocycles. The second-order valence-corrected chi connectivity index (χ2v) is 4.63. The van der Waals surface area contributed by atoms with E-state index in [9.17, 15) is 4.39 Å². The molecule has 21 heavy (non-hydrogen) atoms. The third-order valence-electron chi connectivity index (χ3n) is 3.31. The number of methoxy groups -OCH3 is 2. The first-order chi connectivity index (χ1) is 10.2. The molecule has 2 rings (SSSR count). The van der Waals surface area contributed by atoms with Crippen LogP contribution >= 0.6 is 0 Å². The lowest BCUT2D eigenvalue weighted by Gasteiger charge is -2.18. The predicted molar refractivity (Wildman–Crippen MR) is 79.0 cm³/mol. The molecule has 1 atom stereocenters. The Balaban J connectivity index is 2.14. The number of rotatable bonds is 6. The molecule has 1 unspecified atom stereocenters. The number of nitrogens with one attached hydrogen (secondary N) is 1. The second kappa shape index (κ2) is 7.04. The van der Waals surface area contributed by atoms with Gasteiger partial charge >= 0.3 is 0 Å². The summed E-state index contributed by atoms with van der Waals surface area (Å²) in [5.41, 5.74) is 1.44. The number of hydrogen-bond acceptors (Lipinski definition) is 4. The van der Waals surface area contributed by atoms with E-state index in [4.69, 9.17) is 9.47 Å². The maximum atomic E-state index is 14.0. The average Bonchev–Trinajstić information content (AvgIpc) is 2.52. The number of hydrogen-bond donors (Lipinski definition) is 1. The van der Waals surface area contributed by atoms with Crippen molar-refractivity contribution >= 4 is 0 Å². The van der Waals surface area contributed by atoms with Crippen LogP contribution < -0.4 is 14.8 Å². The summed E-state index contributed by atoms with van der Waals surface area (Å²) < 4.78 is 24.4. The summed E-state index contributed by atoms with van der Waals surface area (Å²) in [4.78, 5) is 4.14. The van der Waals surface area contributed by atoms with Gasteiger partial charge < -0.3 is 14.8 Å². The van der Waals surface area contributed by atoms with Crippen LogP contribution in [0.25, 0.3) is 0 Å². The molecule has 2 aromatic rings. The highest BCUT2D eigenvalue weighted by Gasteiger charge is 2.16. The van der Waals surface area contributed by atoms with Gasteiger partial charge in [0.1, 0.15) is 11.6 Å². The van der Waals surface area contributed by atoms with Crippen LogP contribution in [-0.2, 0) is 6.54 Å². The van der Waals surface area contributed by atoms with Gasteiger partial charge in [0.2, 0.25) is 5.88 Å². The molecule has 1 N–H and O–H groups in total. The van der Waals surface area contributed by atoms with E-state index in [-0.39, 0.29) is 11.9 Å². The predicted octanol–water partition coefficient (Wildman–Crippen LogP) is 3.09. The van der Waals surface area contributed by atoms with Crippen molar-refractivity contribution in [3.05, 3.63) is 53.5 Å². The number of pyridine rings is 1. The van der Waals surface area contributed by atoms with Gasteiger partial charge in [-0.1, -0.05) is 12.1 Å². The Morgan fingerprint density at radius 1 is 1.19 bits per heavy atom. The van der Waals surface area contributed by atoms with Gasteiger partial charge in [-0.05, 0) is 25.1 Å². The van der Waals surface area contributed by atoms with Crippen molar-refractivity contribution in [2.24, 2.45) is 0 Å². The van der Waals surface area contributed by atoms with Crippen LogP contribution in [0.1, 0.15) is 24.1 Å². The largest absolute Gasteiger partial charge is 0.496 e. The molecule has 112 valence electrons. The highest BCUT2D eigenvalue weighted by atomic mass is 19.1. The van der Waals surface area contributed by atoms with Gasteiger partial charge in [0.25, 0.3) is 0 Å². The zero-order chi connectivity index (χ0) is 15.2. The Kier molecular flexibility index (Phi) is 5.11. The zero-order valence-electron chi connectivity index (χ0n) is 12.4. The summed E-state index contributed by atoms with van der Waals surface area (Å²) in [6.45, 7) is 2.42. The molecule has 0 aliphatic heterocycles. The second-order valence-electron chi connectivity index (χ2n) is 4.63. The number of aromatic nitrogens is 1. The lowest BCUT2D eigenvalue weighted by Crippen LogP contribution is -2.20. The molecule has 0 aliphatic rings. The van der Waals surface area contributed by atoms with E-state index in [1.165, 1.54) is 13.2 Å². The summed E-state index contributed by atoms with van der Waals surface area (Å²) in [5.74, 6) is 0.818. The van der Waals surface area contributed by atoms with Crippen LogP contribution in [0.5, 0.6) is 11.6 Å². The standard InChI is InChI=1S/C16H19FN2O2/c1-11(15-13(17)7-4-8-14(15)20-2)19-10-12-6-5-9-18-16(12)21-3/h4-9,11,19H,10H2,1-3H3. The maximum Gasteiger partial charge on any atom is 0.217 e. The molecular weight excluding hydrogens is 271 g/mol. The third kappa shape index (κ3) is 3.49. The van der Waals surface area contributed by atoms with E-state index in [1.807, 2.05) is 19.1 Å². The quantitative estimate of drug-likeness (QED) is 0.888. The van der Waals surface area contributed by atoms with Crippen LogP contribution in [0.2, 0.25) is 0 Å². The first-order valence-electron chi connectivity index (χ1n) is 6.71. The Morgan fingerprint density at radius 2 is 2.00 bits per heavy atom. The molecule has 1 heterocycles. The fourth-order valence-electron chi connectivity index (χ4n) is 2.22. The average molecular weight is 290 g/mol. The topological polar surface area (TPSA) is 43.4 Å². The maximum absolute atomic E-state index is 14.0. The Bertz CT molecular complexity index is 605. The highest BCUT2D eigenvalue weighted by molar-refractivity contribution is 5.37. The molecule has 4 nitrogen and oxygen atoms in total. The van der Waals surface area contributed by atoms with Gasteiger partial charge in [0, 0.05) is 29.9 Å². The van der Waals surface area contributed by atoms with Crippen molar-refractivity contribution in [2.45, 2.75) is 19.5 Å². The van der Waals surface area contributed by atoms with Crippen molar-refractivity contribution in [3.63, 3.8) is 0 Å². The summed E-state index contributed by atoms with van der Waals surface area (Å²) >= 11 is 0. The number of nitrogens with zero attached hydrogens (tertiary/aromatic N) is 1. The highest BCUT2D eigenvalue weighted by Crippen LogP contribution is 2.28. The summed E-state index contributed by atoms with van der Waals surface area (Å²) in [6.07, 6.45) is 1.67. The molecule has 5 heteroatoms. The van der Waals surface area contributed by atoms with Crippen LogP contribution in [0.4, 0.5) is 4.39 Å². The summed E-state index contributed by atoms with van der Waals surface area (Å²) in [7, 11) is 3.12. The number of benzene rings is 1. The third-order valence-corrected chi connectivity index (χ3v) is 3.31. The van der Waals surface area contributed by atoms with Crippen LogP contribution in [0.15, 0.2) is 36.5 Å². The minimum Gasteiger partial charge on any atom is -0.496 e. The Labute approximate surface area is 123 Å². The molecular formula is C16H19FN2O2. The van der Waals surface area contributed by atoms with Crippen molar-refractivity contribution in [3.8, 4) is 11.6 Å². The van der Waals surface area contributed by atoms with Crippen molar-refractivity contribution < 1.29 is 13.9 Å². The molecule has 0 fully saturated rings. The monoisotopic (exact) mass is 290 g/mol. The minimum absolute atomic E-state index is 0.203. The number of halogens is 1. The Morgan fingerprint density at radius 3 is 2.71 bits per heavy atom. The molecule has 0 saturated carbocycles. The van der Waals surface area contributed by atoms with Gasteiger partial charge in [0.05, 0.1) is 14.2 Å². The van der Waals surface area contributed by atoms with Crippen LogP contribution in [-0.4, -0.2) is 19.2 Å².